The highest BCUT2D eigenvalue weighted by molar-refractivity contribution is 5.77. The minimum Gasteiger partial charge on any atom is -0.348 e. The lowest BCUT2D eigenvalue weighted by molar-refractivity contribution is -0.134. The number of pyridine rings is 1. The number of hydroxylamine groups is 1. The number of amides is 1. The van der Waals surface area contributed by atoms with Crippen molar-refractivity contribution in [3.05, 3.63) is 47.8 Å². The van der Waals surface area contributed by atoms with Gasteiger partial charge in [-0.05, 0) is 19.1 Å². The highest BCUT2D eigenvalue weighted by Gasteiger charge is 2.08. The second-order valence-corrected chi connectivity index (χ2v) is 3.79. The van der Waals surface area contributed by atoms with E-state index in [-0.39, 0.29) is 18.9 Å². The van der Waals surface area contributed by atoms with E-state index in [1.165, 1.54) is 0 Å². The lowest BCUT2D eigenvalue weighted by Gasteiger charge is -2.04. The summed E-state index contributed by atoms with van der Waals surface area (Å²) in [6.45, 7) is 2.11. The summed E-state index contributed by atoms with van der Waals surface area (Å²) in [5.41, 5.74) is 4.72. The van der Waals surface area contributed by atoms with Crippen LogP contribution >= 0.6 is 0 Å². The fourth-order valence-corrected chi connectivity index (χ4v) is 1.43. The van der Waals surface area contributed by atoms with Gasteiger partial charge >= 0.3 is 0 Å². The molecule has 0 fully saturated rings. The third kappa shape index (κ3) is 3.39. The number of hydrogen-bond donors (Lipinski definition) is 2. The number of rotatable bonds is 5. The van der Waals surface area contributed by atoms with E-state index in [0.29, 0.717) is 5.69 Å². The van der Waals surface area contributed by atoms with Crippen LogP contribution < -0.4 is 5.48 Å². The molecule has 0 saturated heterocycles. The summed E-state index contributed by atoms with van der Waals surface area (Å²) in [5.74, 6) is -0.235. The van der Waals surface area contributed by atoms with E-state index in [9.17, 15) is 4.79 Å². The lowest BCUT2D eigenvalue weighted by Crippen LogP contribution is -2.25. The molecular formula is C12H14N4O2. The van der Waals surface area contributed by atoms with Crippen molar-refractivity contribution in [1.82, 2.24) is 20.4 Å². The lowest BCUT2D eigenvalue weighted by atomic mass is 10.2. The summed E-state index contributed by atoms with van der Waals surface area (Å²) in [6, 6.07) is 5.51. The van der Waals surface area contributed by atoms with E-state index in [4.69, 9.17) is 4.84 Å². The number of aromatic amines is 1. The van der Waals surface area contributed by atoms with Gasteiger partial charge in [0.2, 0.25) is 5.91 Å². The fourth-order valence-electron chi connectivity index (χ4n) is 1.43. The Morgan fingerprint density at radius 2 is 2.33 bits per heavy atom. The second kappa shape index (κ2) is 5.92. The molecule has 0 saturated carbocycles. The molecule has 0 aliphatic heterocycles. The van der Waals surface area contributed by atoms with Crippen molar-refractivity contribution in [3.63, 3.8) is 0 Å². The van der Waals surface area contributed by atoms with Gasteiger partial charge in [-0.3, -0.25) is 14.6 Å². The summed E-state index contributed by atoms with van der Waals surface area (Å²) in [7, 11) is 0. The zero-order chi connectivity index (χ0) is 12.8. The third-order valence-corrected chi connectivity index (χ3v) is 2.39. The maximum Gasteiger partial charge on any atom is 0.249 e. The Balaban J connectivity index is 1.74. The van der Waals surface area contributed by atoms with Crippen LogP contribution in [0.5, 0.6) is 0 Å². The van der Waals surface area contributed by atoms with Crippen LogP contribution in [0.15, 0.2) is 30.7 Å². The largest absolute Gasteiger partial charge is 0.348 e. The molecule has 0 atom stereocenters. The van der Waals surface area contributed by atoms with Crippen LogP contribution in [0.2, 0.25) is 0 Å². The molecule has 94 valence electrons. The predicted octanol–water partition coefficient (Wildman–Crippen LogP) is 0.904. The molecule has 2 aromatic rings. The minimum atomic E-state index is -0.235. The Bertz CT molecular complexity index is 510. The number of aryl methyl sites for hydroxylation is 1. The van der Waals surface area contributed by atoms with Gasteiger partial charge in [-0.1, -0.05) is 6.07 Å². The average molecular weight is 246 g/mol. The molecule has 0 spiro atoms. The molecule has 0 aliphatic rings. The van der Waals surface area contributed by atoms with Gasteiger partial charge in [-0.25, -0.2) is 10.5 Å². The molecular weight excluding hydrogens is 232 g/mol. The highest BCUT2D eigenvalue weighted by Crippen LogP contribution is 2.01. The summed E-state index contributed by atoms with van der Waals surface area (Å²) in [4.78, 5) is 27.6. The number of nitrogens with one attached hydrogen (secondary N) is 2. The molecule has 6 heteroatoms. The van der Waals surface area contributed by atoms with Crippen LogP contribution in [0.1, 0.15) is 17.1 Å². The van der Waals surface area contributed by atoms with Crippen LogP contribution in [0.25, 0.3) is 0 Å². The van der Waals surface area contributed by atoms with Crippen molar-refractivity contribution >= 4 is 5.91 Å². The number of hydrogen-bond acceptors (Lipinski definition) is 4. The first kappa shape index (κ1) is 12.3. The van der Waals surface area contributed by atoms with E-state index < -0.39 is 0 Å². The Labute approximate surface area is 104 Å². The summed E-state index contributed by atoms with van der Waals surface area (Å²) >= 11 is 0. The third-order valence-electron chi connectivity index (χ3n) is 2.39. The Kier molecular flexibility index (Phi) is 4.03. The molecule has 0 bridgehead atoms. The normalized spacial score (nSPS) is 10.3. The minimum absolute atomic E-state index is 0.192. The molecule has 2 heterocycles. The average Bonchev–Trinajstić information content (AvgIpc) is 2.76. The number of aromatic nitrogens is 3. The zero-order valence-corrected chi connectivity index (χ0v) is 10.0. The first-order valence-corrected chi connectivity index (χ1v) is 5.55. The van der Waals surface area contributed by atoms with Gasteiger partial charge in [0, 0.05) is 11.9 Å². The van der Waals surface area contributed by atoms with E-state index in [1.54, 1.807) is 12.5 Å². The van der Waals surface area contributed by atoms with Crippen LogP contribution in [-0.4, -0.2) is 20.9 Å². The van der Waals surface area contributed by atoms with Crippen molar-refractivity contribution in [2.75, 3.05) is 0 Å². The van der Waals surface area contributed by atoms with Crippen LogP contribution in [0.3, 0.4) is 0 Å². The molecule has 2 N–H and O–H groups in total. The highest BCUT2D eigenvalue weighted by atomic mass is 16.6. The molecule has 0 radical (unpaired) electrons. The van der Waals surface area contributed by atoms with Gasteiger partial charge in [0.25, 0.3) is 0 Å². The van der Waals surface area contributed by atoms with Crippen molar-refractivity contribution < 1.29 is 9.63 Å². The van der Waals surface area contributed by atoms with Gasteiger partial charge in [0.1, 0.15) is 6.61 Å². The van der Waals surface area contributed by atoms with Crippen molar-refractivity contribution in [2.24, 2.45) is 0 Å². The zero-order valence-electron chi connectivity index (χ0n) is 10.0. The van der Waals surface area contributed by atoms with E-state index in [1.807, 2.05) is 25.1 Å². The van der Waals surface area contributed by atoms with E-state index in [2.05, 4.69) is 20.4 Å². The Morgan fingerprint density at radius 1 is 1.44 bits per heavy atom. The monoisotopic (exact) mass is 246 g/mol. The predicted molar refractivity (Wildman–Crippen MR) is 64.2 cm³/mol. The first-order valence-electron chi connectivity index (χ1n) is 5.55. The topological polar surface area (TPSA) is 79.9 Å². The van der Waals surface area contributed by atoms with E-state index in [0.717, 1.165) is 11.4 Å². The van der Waals surface area contributed by atoms with Crippen LogP contribution in [0.4, 0.5) is 0 Å². The molecule has 2 rings (SSSR count). The molecule has 2 aromatic heterocycles. The smallest absolute Gasteiger partial charge is 0.249 e. The molecule has 0 aliphatic carbocycles. The maximum atomic E-state index is 11.5. The summed E-state index contributed by atoms with van der Waals surface area (Å²) < 4.78 is 0. The standard InChI is InChI=1S/C12H14N4O2/c1-9-11(15-8-14-9)6-12(17)16-18-7-10-4-2-3-5-13-10/h2-5,8H,6-7H2,1H3,(H,14,15)(H,16,17). The van der Waals surface area contributed by atoms with Crippen molar-refractivity contribution in [3.8, 4) is 0 Å². The van der Waals surface area contributed by atoms with Crippen LogP contribution in [-0.2, 0) is 22.7 Å². The van der Waals surface area contributed by atoms with Gasteiger partial charge in [0.05, 0.1) is 24.1 Å². The van der Waals surface area contributed by atoms with Gasteiger partial charge in [0.15, 0.2) is 0 Å². The second-order valence-electron chi connectivity index (χ2n) is 3.79. The Hall–Kier alpha value is -2.21. The Morgan fingerprint density at radius 3 is 3.00 bits per heavy atom. The summed E-state index contributed by atoms with van der Waals surface area (Å²) in [6.07, 6.45) is 3.43. The van der Waals surface area contributed by atoms with Crippen LogP contribution in [0, 0.1) is 6.92 Å². The molecule has 1 amide bonds. The number of carbonyl (C=O) groups is 1. The SMILES string of the molecule is Cc1[nH]cnc1CC(=O)NOCc1ccccn1. The van der Waals surface area contributed by atoms with E-state index >= 15 is 0 Å². The molecule has 0 aromatic carbocycles. The van der Waals surface area contributed by atoms with Crippen molar-refractivity contribution in [1.29, 1.82) is 0 Å². The maximum absolute atomic E-state index is 11.5. The molecule has 18 heavy (non-hydrogen) atoms. The quantitative estimate of drug-likeness (QED) is 0.768. The number of carbonyl (C=O) groups excluding carboxylic acids is 1. The number of nitrogens with zero attached hydrogens (tertiary/aromatic N) is 2. The number of imidazole rings is 1. The fraction of sp³-hybridized carbons (Fsp3) is 0.250. The van der Waals surface area contributed by atoms with Gasteiger partial charge in [-0.15, -0.1) is 0 Å². The van der Waals surface area contributed by atoms with Gasteiger partial charge < -0.3 is 4.98 Å². The molecule has 6 nitrogen and oxygen atoms in total. The first-order chi connectivity index (χ1) is 8.75. The van der Waals surface area contributed by atoms with Crippen molar-refractivity contribution in [2.45, 2.75) is 20.0 Å². The van der Waals surface area contributed by atoms with Gasteiger partial charge in [-0.2, -0.15) is 0 Å². The number of H-pyrrole nitrogens is 1. The molecule has 0 unspecified atom stereocenters. The summed E-state index contributed by atoms with van der Waals surface area (Å²) in [5, 5.41) is 0.